The molecule has 1 aliphatic carbocycles. The first-order valence-electron chi connectivity index (χ1n) is 14.0. The van der Waals surface area contributed by atoms with Crippen molar-refractivity contribution in [2.45, 2.75) is 58.9 Å². The molecule has 0 bridgehead atoms. The van der Waals surface area contributed by atoms with Crippen LogP contribution in [0.5, 0.6) is 0 Å². The van der Waals surface area contributed by atoms with Gasteiger partial charge in [0, 0.05) is 31.9 Å². The average Bonchev–Trinajstić information content (AvgIpc) is 3.62. The number of imidazole rings is 1. The van der Waals surface area contributed by atoms with Gasteiger partial charge in [-0.25, -0.2) is 0 Å². The van der Waals surface area contributed by atoms with Gasteiger partial charge in [-0.15, -0.1) is 71.3 Å². The molecule has 1 radical (unpaired) electrons. The Balaban J connectivity index is 0.000000184. The molecule has 2 aliphatic rings. The van der Waals surface area contributed by atoms with Gasteiger partial charge >= 0.3 is 0 Å². The van der Waals surface area contributed by atoms with E-state index in [1.807, 2.05) is 43.5 Å². The SMILES string of the molecule is CC1(C)C=C(C2CCCC2)c2cccc3nc(-c4[c-]cccc4)n1c23.Cc1c[c-]c(-c2ccc(C)cn2)cc1.[Ir]. The number of hydrogen-bond donors (Lipinski definition) is 0. The Labute approximate surface area is 251 Å². The molecule has 1 aliphatic heterocycles. The van der Waals surface area contributed by atoms with Crippen LogP contribution in [-0.2, 0) is 25.6 Å². The number of allylic oxidation sites excluding steroid dienone is 2. The van der Waals surface area contributed by atoms with Crippen LogP contribution in [0.3, 0.4) is 0 Å². The van der Waals surface area contributed by atoms with E-state index in [9.17, 15) is 0 Å². The van der Waals surface area contributed by atoms with E-state index >= 15 is 0 Å². The van der Waals surface area contributed by atoms with Gasteiger partial charge in [0.05, 0.1) is 22.4 Å². The van der Waals surface area contributed by atoms with Gasteiger partial charge in [-0.2, -0.15) is 0 Å². The number of para-hydroxylation sites is 1. The van der Waals surface area contributed by atoms with Gasteiger partial charge < -0.3 is 9.55 Å². The first-order chi connectivity index (χ1) is 18.9. The topological polar surface area (TPSA) is 30.7 Å². The summed E-state index contributed by atoms with van der Waals surface area (Å²) < 4.78 is 2.42. The average molecular weight is 702 g/mol. The van der Waals surface area contributed by atoms with Gasteiger partial charge in [0.1, 0.15) is 0 Å². The second-order valence-corrected chi connectivity index (χ2v) is 11.5. The molecule has 0 atom stereocenters. The molecule has 5 aromatic rings. The van der Waals surface area contributed by atoms with Crippen LogP contribution in [0.25, 0.3) is 39.3 Å². The molecule has 1 saturated carbocycles. The van der Waals surface area contributed by atoms with Crippen molar-refractivity contribution >= 4 is 16.6 Å². The standard InChI is InChI=1S/C23H23N2.C13H12N.Ir/c1-23(2)15-19(16-9-6-7-10-16)18-13-8-14-20-21(18)25(23)22(24-20)17-11-4-3-5-12-17;1-10-3-6-12(7-4-10)13-8-5-11(2)9-14-13;/h3-5,8,11,13-16H,6-7,9-10H2,1-2H3;3-6,8-9H,1-2H3;/q2*-1;. The zero-order valence-electron chi connectivity index (χ0n) is 23.7. The minimum absolute atomic E-state index is 0. The van der Waals surface area contributed by atoms with Crippen molar-refractivity contribution in [1.29, 1.82) is 0 Å². The van der Waals surface area contributed by atoms with E-state index in [1.165, 1.54) is 47.9 Å². The van der Waals surface area contributed by atoms with Crippen molar-refractivity contribution < 1.29 is 20.1 Å². The first kappa shape index (κ1) is 28.2. The second kappa shape index (κ2) is 11.6. The van der Waals surface area contributed by atoms with Gasteiger partial charge in [-0.05, 0) is 62.4 Å². The third-order valence-electron chi connectivity index (χ3n) is 7.97. The van der Waals surface area contributed by atoms with Gasteiger partial charge in [0.2, 0.25) is 0 Å². The Hall–Kier alpha value is -3.33. The minimum Gasteiger partial charge on any atom is -0.355 e. The molecule has 3 heterocycles. The number of rotatable bonds is 3. The summed E-state index contributed by atoms with van der Waals surface area (Å²) in [5.74, 6) is 1.73. The summed E-state index contributed by atoms with van der Waals surface area (Å²) in [7, 11) is 0. The summed E-state index contributed by atoms with van der Waals surface area (Å²) in [6.07, 6.45) is 9.75. The number of benzene rings is 3. The minimum atomic E-state index is -0.0833. The molecular formula is C36H35IrN3-2. The van der Waals surface area contributed by atoms with E-state index in [4.69, 9.17) is 4.98 Å². The van der Waals surface area contributed by atoms with E-state index in [0.29, 0.717) is 5.92 Å². The molecule has 2 aromatic heterocycles. The Bertz CT molecular complexity index is 1580. The predicted octanol–water partition coefficient (Wildman–Crippen LogP) is 8.99. The van der Waals surface area contributed by atoms with Crippen LogP contribution in [-0.4, -0.2) is 14.5 Å². The molecule has 0 unspecified atom stereocenters. The first-order valence-corrected chi connectivity index (χ1v) is 14.0. The van der Waals surface area contributed by atoms with E-state index < -0.39 is 0 Å². The quantitative estimate of drug-likeness (QED) is 0.176. The molecule has 0 spiro atoms. The van der Waals surface area contributed by atoms with Crippen molar-refractivity contribution in [2.75, 3.05) is 0 Å². The number of aryl methyl sites for hydroxylation is 2. The monoisotopic (exact) mass is 702 g/mol. The largest absolute Gasteiger partial charge is 0.355 e. The van der Waals surface area contributed by atoms with Crippen molar-refractivity contribution in [1.82, 2.24) is 14.5 Å². The van der Waals surface area contributed by atoms with Gasteiger partial charge in [0.25, 0.3) is 0 Å². The zero-order valence-corrected chi connectivity index (χ0v) is 26.1. The summed E-state index contributed by atoms with van der Waals surface area (Å²) in [4.78, 5) is 9.36. The third kappa shape index (κ3) is 5.48. The fraction of sp³-hybridized carbons (Fsp3) is 0.278. The molecule has 3 nitrogen and oxygen atoms in total. The molecule has 205 valence electrons. The van der Waals surface area contributed by atoms with Crippen LogP contribution in [0, 0.1) is 31.9 Å². The maximum absolute atomic E-state index is 5.01. The summed E-state index contributed by atoms with van der Waals surface area (Å²) in [5, 5.41) is 0. The number of pyridine rings is 1. The van der Waals surface area contributed by atoms with Crippen LogP contribution < -0.4 is 0 Å². The maximum atomic E-state index is 5.01. The van der Waals surface area contributed by atoms with Crippen molar-refractivity contribution in [2.24, 2.45) is 5.92 Å². The number of hydrogen-bond acceptors (Lipinski definition) is 2. The molecule has 3 aromatic carbocycles. The van der Waals surface area contributed by atoms with Crippen LogP contribution in [0.4, 0.5) is 0 Å². The van der Waals surface area contributed by atoms with Gasteiger partial charge in [-0.3, -0.25) is 4.98 Å². The Morgan fingerprint density at radius 1 is 0.850 bits per heavy atom. The summed E-state index contributed by atoms with van der Waals surface area (Å²) >= 11 is 0. The fourth-order valence-corrected chi connectivity index (χ4v) is 6.02. The molecule has 1 fully saturated rings. The van der Waals surface area contributed by atoms with Crippen molar-refractivity contribution in [3.63, 3.8) is 0 Å². The predicted molar refractivity (Wildman–Crippen MR) is 161 cm³/mol. The second-order valence-electron chi connectivity index (χ2n) is 11.5. The van der Waals surface area contributed by atoms with E-state index in [2.05, 4.69) is 91.0 Å². The molecule has 0 amide bonds. The van der Waals surface area contributed by atoms with Crippen LogP contribution in [0.15, 0.2) is 85.1 Å². The third-order valence-corrected chi connectivity index (χ3v) is 7.97. The number of aromatic nitrogens is 3. The van der Waals surface area contributed by atoms with Gasteiger partial charge in [0.15, 0.2) is 0 Å². The van der Waals surface area contributed by atoms with Crippen LogP contribution >= 0.6 is 0 Å². The molecule has 0 saturated heterocycles. The van der Waals surface area contributed by atoms with Crippen molar-refractivity contribution in [3.05, 3.63) is 114 Å². The normalized spacial score (nSPS) is 15.7. The Morgan fingerprint density at radius 3 is 2.33 bits per heavy atom. The molecular weight excluding hydrogens is 667 g/mol. The summed E-state index contributed by atoms with van der Waals surface area (Å²) in [6.45, 7) is 8.72. The Kier molecular flexibility index (Phi) is 8.21. The Morgan fingerprint density at radius 2 is 1.65 bits per heavy atom. The number of nitrogens with zero attached hydrogens (tertiary/aromatic N) is 3. The maximum Gasteiger partial charge on any atom is 0.0777 e. The van der Waals surface area contributed by atoms with Gasteiger partial charge in [-0.1, -0.05) is 50.1 Å². The molecule has 7 rings (SSSR count). The summed E-state index contributed by atoms with van der Waals surface area (Å²) in [5.41, 5.74) is 10.7. The molecule has 40 heavy (non-hydrogen) atoms. The van der Waals surface area contributed by atoms with E-state index in [0.717, 1.165) is 28.2 Å². The van der Waals surface area contributed by atoms with Crippen LogP contribution in [0.1, 0.15) is 56.2 Å². The van der Waals surface area contributed by atoms with Crippen LogP contribution in [0.2, 0.25) is 0 Å². The molecule has 4 heteroatoms. The smallest absolute Gasteiger partial charge is 0.0777 e. The molecule has 0 N–H and O–H groups in total. The summed E-state index contributed by atoms with van der Waals surface area (Å²) in [6, 6.07) is 31.5. The fourth-order valence-electron chi connectivity index (χ4n) is 6.02. The van der Waals surface area contributed by atoms with Crippen molar-refractivity contribution in [3.8, 4) is 22.6 Å². The van der Waals surface area contributed by atoms with E-state index in [-0.39, 0.29) is 25.6 Å². The van der Waals surface area contributed by atoms with E-state index in [1.54, 1.807) is 5.57 Å². The zero-order chi connectivity index (χ0) is 27.0.